The van der Waals surface area contributed by atoms with E-state index in [2.05, 4.69) is 25.8 Å². The van der Waals surface area contributed by atoms with Gasteiger partial charge in [-0.25, -0.2) is 4.79 Å². The van der Waals surface area contributed by atoms with E-state index in [4.69, 9.17) is 10.2 Å². The highest BCUT2D eigenvalue weighted by atomic mass is 79.9. The van der Waals surface area contributed by atoms with Gasteiger partial charge in [0.2, 0.25) is 11.8 Å². The van der Waals surface area contributed by atoms with Crippen molar-refractivity contribution in [2.24, 2.45) is 5.73 Å². The van der Waals surface area contributed by atoms with Crippen LogP contribution in [0.25, 0.3) is 11.1 Å². The molecule has 0 bridgehead atoms. The maximum Gasteiger partial charge on any atom is 0.417 e. The van der Waals surface area contributed by atoms with Crippen LogP contribution in [0.2, 0.25) is 0 Å². The van der Waals surface area contributed by atoms with Crippen molar-refractivity contribution in [2.45, 2.75) is 44.6 Å². The molecule has 0 spiro atoms. The summed E-state index contributed by atoms with van der Waals surface area (Å²) in [5, 5.41) is 0. The number of aromatic nitrogens is 1. The van der Waals surface area contributed by atoms with Crippen molar-refractivity contribution >= 4 is 38.8 Å². The summed E-state index contributed by atoms with van der Waals surface area (Å²) in [5.41, 5.74) is 7.02. The summed E-state index contributed by atoms with van der Waals surface area (Å²) >= 11 is 3.33. The Bertz CT molecular complexity index is 1000. The first kappa shape index (κ1) is 21.1. The minimum absolute atomic E-state index is 0.0470. The molecule has 161 valence electrons. The SMILES string of the molecule is NC(=O)c1c(C[CH]C(=O)N2CCC(N3CCCCC3)CC2)cc2oc(=O)[nH]c2c1Br. The highest BCUT2D eigenvalue weighted by molar-refractivity contribution is 9.10. The van der Waals surface area contributed by atoms with Gasteiger partial charge in [-0.15, -0.1) is 0 Å². The van der Waals surface area contributed by atoms with E-state index in [1.165, 1.54) is 32.4 Å². The van der Waals surface area contributed by atoms with Gasteiger partial charge in [0.15, 0.2) is 5.58 Å². The van der Waals surface area contributed by atoms with Gasteiger partial charge in [-0.2, -0.15) is 0 Å². The van der Waals surface area contributed by atoms with Crippen molar-refractivity contribution in [3.63, 3.8) is 0 Å². The van der Waals surface area contributed by atoms with Crippen molar-refractivity contribution < 1.29 is 14.0 Å². The number of likely N-dealkylation sites (tertiary alicyclic amines) is 2. The zero-order valence-corrected chi connectivity index (χ0v) is 18.4. The van der Waals surface area contributed by atoms with Gasteiger partial charge in [-0.1, -0.05) is 6.42 Å². The summed E-state index contributed by atoms with van der Waals surface area (Å²) < 4.78 is 5.48. The number of hydrogen-bond donors (Lipinski definition) is 2. The molecule has 0 aliphatic carbocycles. The van der Waals surface area contributed by atoms with E-state index in [9.17, 15) is 14.4 Å². The topological polar surface area (TPSA) is 113 Å². The van der Waals surface area contributed by atoms with Crippen LogP contribution in [-0.2, 0) is 11.2 Å². The van der Waals surface area contributed by atoms with Crippen LogP contribution < -0.4 is 11.5 Å². The molecule has 4 rings (SSSR count). The number of fused-ring (bicyclic) bond motifs is 1. The van der Waals surface area contributed by atoms with Crippen LogP contribution in [0.4, 0.5) is 0 Å². The van der Waals surface area contributed by atoms with Crippen LogP contribution in [0.5, 0.6) is 0 Å². The zero-order valence-electron chi connectivity index (χ0n) is 16.8. The number of benzene rings is 1. The molecule has 30 heavy (non-hydrogen) atoms. The van der Waals surface area contributed by atoms with Gasteiger partial charge in [0.1, 0.15) is 5.52 Å². The minimum Gasteiger partial charge on any atom is -0.408 e. The van der Waals surface area contributed by atoms with E-state index in [0.717, 1.165) is 25.9 Å². The number of carbonyl (C=O) groups is 2. The number of aromatic amines is 1. The lowest BCUT2D eigenvalue weighted by Crippen LogP contribution is -2.48. The van der Waals surface area contributed by atoms with Crippen molar-refractivity contribution in [1.82, 2.24) is 14.8 Å². The van der Waals surface area contributed by atoms with E-state index in [1.807, 2.05) is 4.90 Å². The summed E-state index contributed by atoms with van der Waals surface area (Å²) in [6.45, 7) is 3.84. The van der Waals surface area contributed by atoms with E-state index in [-0.39, 0.29) is 17.9 Å². The van der Waals surface area contributed by atoms with Crippen molar-refractivity contribution in [2.75, 3.05) is 26.2 Å². The quantitative estimate of drug-likeness (QED) is 0.685. The summed E-state index contributed by atoms with van der Waals surface area (Å²) in [7, 11) is 0. The van der Waals surface area contributed by atoms with Crippen molar-refractivity contribution in [1.29, 1.82) is 0 Å². The Morgan fingerprint density at radius 2 is 1.90 bits per heavy atom. The molecule has 1 aromatic carbocycles. The first-order chi connectivity index (χ1) is 14.4. The number of amides is 2. The second kappa shape index (κ2) is 8.93. The average Bonchev–Trinajstić information content (AvgIpc) is 3.13. The van der Waals surface area contributed by atoms with Crippen LogP contribution in [0.3, 0.4) is 0 Å². The lowest BCUT2D eigenvalue weighted by Gasteiger charge is -2.40. The summed E-state index contributed by atoms with van der Waals surface area (Å²) in [4.78, 5) is 43.2. The Kier molecular flexibility index (Phi) is 6.29. The molecule has 2 aromatic rings. The highest BCUT2D eigenvalue weighted by Crippen LogP contribution is 2.30. The largest absolute Gasteiger partial charge is 0.417 e. The van der Waals surface area contributed by atoms with Crippen molar-refractivity contribution in [3.05, 3.63) is 38.6 Å². The number of H-pyrrole nitrogens is 1. The molecule has 2 saturated heterocycles. The Balaban J connectivity index is 1.40. The molecule has 3 N–H and O–H groups in total. The number of piperidine rings is 2. The number of nitrogens with one attached hydrogen (secondary N) is 1. The number of halogens is 1. The third-order valence-electron chi connectivity index (χ3n) is 6.17. The molecule has 2 fully saturated rings. The number of nitrogens with zero attached hydrogens (tertiary/aromatic N) is 2. The fourth-order valence-corrected chi connectivity index (χ4v) is 5.33. The summed E-state index contributed by atoms with van der Waals surface area (Å²) in [5.74, 6) is -1.30. The molecule has 2 aliphatic rings. The first-order valence-corrected chi connectivity index (χ1v) is 11.2. The van der Waals surface area contributed by atoms with Crippen LogP contribution in [-0.4, -0.2) is 58.8 Å². The summed E-state index contributed by atoms with van der Waals surface area (Å²) in [6.07, 6.45) is 7.67. The van der Waals surface area contributed by atoms with Crippen LogP contribution >= 0.6 is 15.9 Å². The van der Waals surface area contributed by atoms with Crippen LogP contribution in [0.1, 0.15) is 48.0 Å². The maximum absolute atomic E-state index is 12.7. The van der Waals surface area contributed by atoms with Gasteiger partial charge in [-0.05, 0) is 72.8 Å². The number of hydrogen-bond acceptors (Lipinski definition) is 5. The predicted molar refractivity (Wildman–Crippen MR) is 116 cm³/mol. The van der Waals surface area contributed by atoms with Crippen LogP contribution in [0, 0.1) is 6.42 Å². The van der Waals surface area contributed by atoms with Gasteiger partial charge in [0, 0.05) is 19.1 Å². The Hall–Kier alpha value is -2.13. The van der Waals surface area contributed by atoms with Gasteiger partial charge in [-0.3, -0.25) is 14.6 Å². The van der Waals surface area contributed by atoms with E-state index in [0.29, 0.717) is 27.2 Å². The summed E-state index contributed by atoms with van der Waals surface area (Å²) in [6, 6.07) is 2.16. The molecule has 8 nitrogen and oxygen atoms in total. The van der Waals surface area contributed by atoms with Crippen molar-refractivity contribution in [3.8, 4) is 0 Å². The lowest BCUT2D eigenvalue weighted by molar-refractivity contribution is -0.129. The number of primary amides is 1. The van der Waals surface area contributed by atoms with E-state index in [1.54, 1.807) is 12.5 Å². The standard InChI is InChI=1S/C21H26BrN4O4/c22-18-17(20(23)28)13(12-15-19(18)24-21(29)30-15)4-5-16(27)26-10-6-14(7-11-26)25-8-2-1-3-9-25/h5,12,14H,1-4,6-11H2,(H2,23,28)(H,24,29). The molecule has 0 saturated carbocycles. The molecule has 3 heterocycles. The molecule has 0 atom stereocenters. The third-order valence-corrected chi connectivity index (χ3v) is 6.96. The van der Waals surface area contributed by atoms with Gasteiger partial charge < -0.3 is 20.0 Å². The molecule has 9 heteroatoms. The monoisotopic (exact) mass is 477 g/mol. The minimum atomic E-state index is -0.635. The molecule has 2 aliphatic heterocycles. The van der Waals surface area contributed by atoms with Crippen LogP contribution in [0.15, 0.2) is 19.8 Å². The molecular weight excluding hydrogens is 452 g/mol. The molecule has 1 radical (unpaired) electrons. The molecule has 2 amide bonds. The second-order valence-electron chi connectivity index (χ2n) is 8.04. The van der Waals surface area contributed by atoms with Gasteiger partial charge in [0.05, 0.1) is 16.5 Å². The number of oxazole rings is 1. The smallest absolute Gasteiger partial charge is 0.408 e. The average molecular weight is 478 g/mol. The third kappa shape index (κ3) is 4.32. The Labute approximate surface area is 182 Å². The van der Waals surface area contributed by atoms with Gasteiger partial charge in [0.25, 0.3) is 0 Å². The fraction of sp³-hybridized carbons (Fsp3) is 0.524. The van der Waals surface area contributed by atoms with E-state index < -0.39 is 11.7 Å². The second-order valence-corrected chi connectivity index (χ2v) is 8.83. The van der Waals surface area contributed by atoms with E-state index >= 15 is 0 Å². The number of carbonyl (C=O) groups excluding carboxylic acids is 2. The highest BCUT2D eigenvalue weighted by Gasteiger charge is 2.28. The normalized spacial score (nSPS) is 18.8. The maximum atomic E-state index is 12.7. The zero-order chi connectivity index (χ0) is 21.3. The molecule has 0 unspecified atom stereocenters. The fourth-order valence-electron chi connectivity index (χ4n) is 4.59. The Morgan fingerprint density at radius 1 is 1.20 bits per heavy atom. The first-order valence-electron chi connectivity index (χ1n) is 10.4. The molecule has 1 aromatic heterocycles. The molecular formula is C21H26BrN4O4. The Morgan fingerprint density at radius 3 is 2.57 bits per heavy atom. The predicted octanol–water partition coefficient (Wildman–Crippen LogP) is 2.21. The number of rotatable bonds is 5. The lowest BCUT2D eigenvalue weighted by atomic mass is 9.98. The van der Waals surface area contributed by atoms with Gasteiger partial charge >= 0.3 is 5.76 Å². The number of nitrogens with two attached hydrogens (primary N) is 1.